The van der Waals surface area contributed by atoms with Crippen LogP contribution in [0, 0.1) is 0 Å². The summed E-state index contributed by atoms with van der Waals surface area (Å²) in [6, 6.07) is 9.35. The molecule has 5 heteroatoms. The third kappa shape index (κ3) is 4.79. The molecule has 1 saturated carbocycles. The van der Waals surface area contributed by atoms with Crippen LogP contribution < -0.4 is 5.73 Å². The van der Waals surface area contributed by atoms with Gasteiger partial charge in [-0.2, -0.15) is 0 Å². The van der Waals surface area contributed by atoms with Gasteiger partial charge in [0.2, 0.25) is 5.91 Å². The Kier molecular flexibility index (Phi) is 6.16. The Bertz CT molecular complexity index is 524. The molecule has 1 atom stereocenters. The molecule has 1 aliphatic carbocycles. The molecule has 1 aromatic rings. The van der Waals surface area contributed by atoms with Gasteiger partial charge in [0.1, 0.15) is 0 Å². The van der Waals surface area contributed by atoms with Crippen LogP contribution >= 0.6 is 0 Å². The molecule has 2 N–H and O–H groups in total. The number of nitrogens with zero attached hydrogens (tertiary/aromatic N) is 1. The molecule has 0 radical (unpaired) electrons. The first-order chi connectivity index (χ1) is 11.0. The fourth-order valence-electron chi connectivity index (χ4n) is 2.96. The van der Waals surface area contributed by atoms with Crippen molar-refractivity contribution in [2.24, 2.45) is 5.73 Å². The number of ether oxygens (including phenoxy) is 1. The van der Waals surface area contributed by atoms with Crippen molar-refractivity contribution >= 4 is 11.8 Å². The molecule has 0 unspecified atom stereocenters. The number of benzene rings is 1. The van der Waals surface area contributed by atoms with Gasteiger partial charge in [0, 0.05) is 6.04 Å². The molecule has 2 rings (SSSR count). The molecule has 0 bridgehead atoms. The summed E-state index contributed by atoms with van der Waals surface area (Å²) < 4.78 is 6.13. The SMILES string of the molecule is CC(C)N(CC(N)=O)C(=O)[C@@H](OC1CCCC1)c1ccccc1. The maximum atomic E-state index is 13.0. The quantitative estimate of drug-likeness (QED) is 0.839. The van der Waals surface area contributed by atoms with Crippen molar-refractivity contribution in [1.82, 2.24) is 4.90 Å². The monoisotopic (exact) mass is 318 g/mol. The van der Waals surface area contributed by atoms with E-state index in [4.69, 9.17) is 10.5 Å². The van der Waals surface area contributed by atoms with Gasteiger partial charge >= 0.3 is 0 Å². The summed E-state index contributed by atoms with van der Waals surface area (Å²) in [5.74, 6) is -0.711. The van der Waals surface area contributed by atoms with E-state index in [1.54, 1.807) is 0 Å². The molecule has 0 heterocycles. The first-order valence-electron chi connectivity index (χ1n) is 8.28. The van der Waals surface area contributed by atoms with Gasteiger partial charge < -0.3 is 15.4 Å². The molecule has 2 amide bonds. The fourth-order valence-corrected chi connectivity index (χ4v) is 2.96. The zero-order valence-electron chi connectivity index (χ0n) is 13.9. The Labute approximate surface area is 137 Å². The Balaban J connectivity index is 2.23. The van der Waals surface area contributed by atoms with Crippen LogP contribution in [0.15, 0.2) is 30.3 Å². The van der Waals surface area contributed by atoms with Gasteiger partial charge in [-0.05, 0) is 32.3 Å². The highest BCUT2D eigenvalue weighted by molar-refractivity contribution is 5.87. The van der Waals surface area contributed by atoms with E-state index in [0.29, 0.717) is 0 Å². The van der Waals surface area contributed by atoms with Crippen LogP contribution in [-0.2, 0) is 14.3 Å². The Morgan fingerprint density at radius 3 is 2.35 bits per heavy atom. The Morgan fingerprint density at radius 1 is 1.22 bits per heavy atom. The van der Waals surface area contributed by atoms with Crippen LogP contribution in [0.2, 0.25) is 0 Å². The van der Waals surface area contributed by atoms with Crippen LogP contribution in [0.5, 0.6) is 0 Å². The van der Waals surface area contributed by atoms with Gasteiger partial charge in [0.25, 0.3) is 5.91 Å². The second-order valence-electron chi connectivity index (χ2n) is 6.36. The fraction of sp³-hybridized carbons (Fsp3) is 0.556. The molecule has 1 fully saturated rings. The third-order valence-electron chi connectivity index (χ3n) is 4.19. The largest absolute Gasteiger partial charge is 0.368 e. The summed E-state index contributed by atoms with van der Waals surface area (Å²) >= 11 is 0. The van der Waals surface area contributed by atoms with Crippen molar-refractivity contribution < 1.29 is 14.3 Å². The second kappa shape index (κ2) is 8.11. The predicted molar refractivity (Wildman–Crippen MR) is 88.6 cm³/mol. The number of carbonyl (C=O) groups is 2. The summed E-state index contributed by atoms with van der Waals surface area (Å²) in [4.78, 5) is 25.8. The average molecular weight is 318 g/mol. The van der Waals surface area contributed by atoms with E-state index in [-0.39, 0.29) is 24.6 Å². The summed E-state index contributed by atoms with van der Waals surface area (Å²) in [5.41, 5.74) is 6.12. The number of primary amides is 1. The zero-order valence-corrected chi connectivity index (χ0v) is 13.9. The van der Waals surface area contributed by atoms with Crippen LogP contribution in [0.4, 0.5) is 0 Å². The minimum atomic E-state index is -0.680. The molecule has 1 aliphatic rings. The lowest BCUT2D eigenvalue weighted by Crippen LogP contribution is -2.45. The van der Waals surface area contributed by atoms with E-state index in [0.717, 1.165) is 31.2 Å². The van der Waals surface area contributed by atoms with Crippen molar-refractivity contribution in [3.05, 3.63) is 35.9 Å². The molecular formula is C18H26N2O3. The summed E-state index contributed by atoms with van der Waals surface area (Å²) in [6.45, 7) is 3.66. The van der Waals surface area contributed by atoms with E-state index in [2.05, 4.69) is 0 Å². The van der Waals surface area contributed by atoms with Gasteiger partial charge in [0.15, 0.2) is 6.10 Å². The first kappa shape index (κ1) is 17.5. The van der Waals surface area contributed by atoms with Gasteiger partial charge in [0.05, 0.1) is 12.6 Å². The standard InChI is InChI=1S/C18H26N2O3/c1-13(2)20(12-16(19)21)18(22)17(14-8-4-3-5-9-14)23-15-10-6-7-11-15/h3-5,8-9,13,15,17H,6-7,10-12H2,1-2H3,(H2,19,21)/t17-/m0/s1. The number of rotatable bonds is 7. The summed E-state index contributed by atoms with van der Waals surface area (Å²) in [6.07, 6.45) is 3.65. The normalized spacial score (nSPS) is 16.5. The zero-order chi connectivity index (χ0) is 16.8. The van der Waals surface area contributed by atoms with Gasteiger partial charge in [-0.1, -0.05) is 43.2 Å². The van der Waals surface area contributed by atoms with E-state index < -0.39 is 12.0 Å². The van der Waals surface area contributed by atoms with E-state index in [1.165, 1.54) is 4.90 Å². The first-order valence-corrected chi connectivity index (χ1v) is 8.28. The number of nitrogens with two attached hydrogens (primary N) is 1. The van der Waals surface area contributed by atoms with Crippen LogP contribution in [-0.4, -0.2) is 35.4 Å². The number of hydrogen-bond donors (Lipinski definition) is 1. The summed E-state index contributed by atoms with van der Waals surface area (Å²) in [7, 11) is 0. The Hall–Kier alpha value is -1.88. The van der Waals surface area contributed by atoms with Crippen molar-refractivity contribution in [2.75, 3.05) is 6.54 Å². The average Bonchev–Trinajstić information content (AvgIpc) is 3.03. The maximum absolute atomic E-state index is 13.0. The van der Waals surface area contributed by atoms with Gasteiger partial charge in [-0.15, -0.1) is 0 Å². The number of hydrogen-bond acceptors (Lipinski definition) is 3. The lowest BCUT2D eigenvalue weighted by atomic mass is 10.1. The van der Waals surface area contributed by atoms with Crippen molar-refractivity contribution in [2.45, 2.75) is 57.8 Å². The molecular weight excluding hydrogens is 292 g/mol. The second-order valence-corrected chi connectivity index (χ2v) is 6.36. The number of amides is 2. The predicted octanol–water partition coefficient (Wildman–Crippen LogP) is 2.41. The van der Waals surface area contributed by atoms with E-state index in [1.807, 2.05) is 44.2 Å². The molecule has 23 heavy (non-hydrogen) atoms. The van der Waals surface area contributed by atoms with Crippen LogP contribution in [0.3, 0.4) is 0 Å². The lowest BCUT2D eigenvalue weighted by molar-refractivity contribution is -0.151. The Morgan fingerprint density at radius 2 is 1.83 bits per heavy atom. The van der Waals surface area contributed by atoms with Gasteiger partial charge in [-0.25, -0.2) is 0 Å². The molecule has 0 saturated heterocycles. The topological polar surface area (TPSA) is 72.6 Å². The molecule has 0 aromatic heterocycles. The molecule has 1 aromatic carbocycles. The smallest absolute Gasteiger partial charge is 0.257 e. The molecule has 5 nitrogen and oxygen atoms in total. The van der Waals surface area contributed by atoms with Crippen molar-refractivity contribution in [1.29, 1.82) is 0 Å². The summed E-state index contributed by atoms with van der Waals surface area (Å²) in [5, 5.41) is 0. The molecule has 0 spiro atoms. The maximum Gasteiger partial charge on any atom is 0.257 e. The minimum absolute atomic E-state index is 0.0894. The lowest BCUT2D eigenvalue weighted by Gasteiger charge is -2.31. The van der Waals surface area contributed by atoms with Crippen LogP contribution in [0.25, 0.3) is 0 Å². The van der Waals surface area contributed by atoms with Gasteiger partial charge in [-0.3, -0.25) is 9.59 Å². The van der Waals surface area contributed by atoms with E-state index in [9.17, 15) is 9.59 Å². The highest BCUT2D eigenvalue weighted by Gasteiger charge is 2.32. The van der Waals surface area contributed by atoms with E-state index >= 15 is 0 Å². The van der Waals surface area contributed by atoms with Crippen LogP contribution in [0.1, 0.15) is 51.2 Å². The van der Waals surface area contributed by atoms with Crippen molar-refractivity contribution in [3.63, 3.8) is 0 Å². The molecule has 126 valence electrons. The minimum Gasteiger partial charge on any atom is -0.368 e. The third-order valence-corrected chi connectivity index (χ3v) is 4.19. The molecule has 0 aliphatic heterocycles. The highest BCUT2D eigenvalue weighted by atomic mass is 16.5. The number of carbonyl (C=O) groups excluding carboxylic acids is 2. The van der Waals surface area contributed by atoms with Crippen molar-refractivity contribution in [3.8, 4) is 0 Å². The highest BCUT2D eigenvalue weighted by Crippen LogP contribution is 2.29.